The fraction of sp³-hybridized carbons (Fsp3) is 0.400. The lowest BCUT2D eigenvalue weighted by atomic mass is 10.2. The maximum absolute atomic E-state index is 12.2. The first kappa shape index (κ1) is 14.1. The number of alkyl halides is 3. The summed E-state index contributed by atoms with van der Waals surface area (Å²) in [6.45, 7) is 1.15. The molecule has 1 atom stereocenters. The summed E-state index contributed by atoms with van der Waals surface area (Å²) < 4.78 is 40.9. The van der Waals surface area contributed by atoms with E-state index >= 15 is 0 Å². The number of rotatable bonds is 4. The Kier molecular flexibility index (Phi) is 4.00. The van der Waals surface area contributed by atoms with E-state index in [2.05, 4.69) is 9.73 Å². The van der Waals surface area contributed by atoms with E-state index in [-0.39, 0.29) is 6.54 Å². The molecule has 0 bridgehead atoms. The first-order chi connectivity index (χ1) is 8.21. The summed E-state index contributed by atoms with van der Waals surface area (Å²) in [4.78, 5) is 21.8. The summed E-state index contributed by atoms with van der Waals surface area (Å²) in [5.74, 6) is -4.64. The van der Waals surface area contributed by atoms with Crippen molar-refractivity contribution in [1.29, 1.82) is 0 Å². The zero-order valence-electron chi connectivity index (χ0n) is 9.25. The van der Waals surface area contributed by atoms with Gasteiger partial charge < -0.3 is 14.8 Å². The number of hydrogen-bond donors (Lipinski definition) is 2. The largest absolute Gasteiger partial charge is 0.481 e. The average molecular weight is 265 g/mol. The Hall–Kier alpha value is -1.99. The molecule has 1 aromatic heterocycles. The number of carbonyl (C=O) groups excluding carboxylic acids is 1. The van der Waals surface area contributed by atoms with Crippen molar-refractivity contribution in [1.82, 2.24) is 5.32 Å². The molecule has 0 aliphatic rings. The van der Waals surface area contributed by atoms with Crippen molar-refractivity contribution in [2.75, 3.05) is 6.54 Å². The number of amides is 1. The SMILES string of the molecule is CC(CNC(=O)c1ccc(C(F)(F)F)o1)C(=O)O. The number of carbonyl (C=O) groups is 2. The Morgan fingerprint density at radius 1 is 1.44 bits per heavy atom. The van der Waals surface area contributed by atoms with Gasteiger partial charge in [0, 0.05) is 6.54 Å². The Bertz CT molecular complexity index is 452. The van der Waals surface area contributed by atoms with Crippen LogP contribution < -0.4 is 5.32 Å². The van der Waals surface area contributed by atoms with Crippen LogP contribution >= 0.6 is 0 Å². The number of furan rings is 1. The van der Waals surface area contributed by atoms with Gasteiger partial charge >= 0.3 is 12.1 Å². The van der Waals surface area contributed by atoms with E-state index in [9.17, 15) is 22.8 Å². The second-order valence-electron chi connectivity index (χ2n) is 3.61. The van der Waals surface area contributed by atoms with E-state index in [1.807, 2.05) is 0 Å². The Labute approximate surface area is 99.6 Å². The minimum Gasteiger partial charge on any atom is -0.481 e. The Morgan fingerprint density at radius 2 is 2.06 bits per heavy atom. The molecule has 1 aromatic rings. The van der Waals surface area contributed by atoms with Crippen LogP contribution in [0.1, 0.15) is 23.2 Å². The highest BCUT2D eigenvalue weighted by Crippen LogP contribution is 2.30. The van der Waals surface area contributed by atoms with Crippen LogP contribution in [0.25, 0.3) is 0 Å². The average Bonchev–Trinajstić information content (AvgIpc) is 2.73. The molecule has 0 aliphatic carbocycles. The molecule has 0 aromatic carbocycles. The second kappa shape index (κ2) is 5.11. The Balaban J connectivity index is 2.63. The standard InChI is InChI=1S/C10H10F3NO4/c1-5(9(16)17)4-14-8(15)6-2-3-7(18-6)10(11,12)13/h2-3,5H,4H2,1H3,(H,14,15)(H,16,17). The molecule has 0 saturated heterocycles. The van der Waals surface area contributed by atoms with Crippen LogP contribution in [0.15, 0.2) is 16.5 Å². The summed E-state index contributed by atoms with van der Waals surface area (Å²) in [7, 11) is 0. The fourth-order valence-corrected chi connectivity index (χ4v) is 1.03. The second-order valence-corrected chi connectivity index (χ2v) is 3.61. The van der Waals surface area contributed by atoms with Crippen molar-refractivity contribution < 1.29 is 32.3 Å². The highest BCUT2D eigenvalue weighted by Gasteiger charge is 2.35. The van der Waals surface area contributed by atoms with Gasteiger partial charge in [0.25, 0.3) is 5.91 Å². The fourth-order valence-electron chi connectivity index (χ4n) is 1.03. The smallest absolute Gasteiger partial charge is 0.449 e. The van der Waals surface area contributed by atoms with Crippen LogP contribution in [0.5, 0.6) is 0 Å². The number of carboxylic acids is 1. The molecule has 1 unspecified atom stereocenters. The molecule has 1 heterocycles. The van der Waals surface area contributed by atoms with E-state index in [0.717, 1.165) is 6.07 Å². The highest BCUT2D eigenvalue weighted by molar-refractivity contribution is 5.91. The molecule has 1 amide bonds. The number of carboxylic acid groups (broad SMARTS) is 1. The lowest BCUT2D eigenvalue weighted by molar-refractivity contribution is -0.153. The lowest BCUT2D eigenvalue weighted by Gasteiger charge is -2.06. The lowest BCUT2D eigenvalue weighted by Crippen LogP contribution is -2.31. The van der Waals surface area contributed by atoms with Crippen LogP contribution in [0.3, 0.4) is 0 Å². The molecule has 0 spiro atoms. The van der Waals surface area contributed by atoms with Crippen LogP contribution in [-0.4, -0.2) is 23.5 Å². The molecule has 2 N–H and O–H groups in total. The maximum Gasteiger partial charge on any atom is 0.449 e. The zero-order valence-corrected chi connectivity index (χ0v) is 9.25. The minimum absolute atomic E-state index is 0.198. The summed E-state index contributed by atoms with van der Waals surface area (Å²) in [5.41, 5.74) is 0. The van der Waals surface area contributed by atoms with E-state index in [4.69, 9.17) is 5.11 Å². The van der Waals surface area contributed by atoms with Crippen molar-refractivity contribution >= 4 is 11.9 Å². The van der Waals surface area contributed by atoms with E-state index in [1.165, 1.54) is 6.92 Å². The third-order valence-corrected chi connectivity index (χ3v) is 2.10. The van der Waals surface area contributed by atoms with Crippen LogP contribution in [-0.2, 0) is 11.0 Å². The van der Waals surface area contributed by atoms with Gasteiger partial charge in [0.2, 0.25) is 5.76 Å². The van der Waals surface area contributed by atoms with Gasteiger partial charge in [-0.15, -0.1) is 0 Å². The number of halogens is 3. The van der Waals surface area contributed by atoms with Crippen LogP contribution in [0, 0.1) is 5.92 Å². The van der Waals surface area contributed by atoms with Gasteiger partial charge in [-0.05, 0) is 12.1 Å². The number of aliphatic carboxylic acids is 1. The maximum atomic E-state index is 12.2. The molecule has 0 radical (unpaired) electrons. The Morgan fingerprint density at radius 3 is 2.50 bits per heavy atom. The van der Waals surface area contributed by atoms with E-state index in [0.29, 0.717) is 6.07 Å². The van der Waals surface area contributed by atoms with Crippen molar-refractivity contribution in [3.05, 3.63) is 23.7 Å². The van der Waals surface area contributed by atoms with Gasteiger partial charge in [-0.1, -0.05) is 6.92 Å². The van der Waals surface area contributed by atoms with Crippen molar-refractivity contribution in [3.63, 3.8) is 0 Å². The molecule has 100 valence electrons. The summed E-state index contributed by atoms with van der Waals surface area (Å²) in [5, 5.41) is 10.7. The number of hydrogen-bond acceptors (Lipinski definition) is 3. The first-order valence-electron chi connectivity index (χ1n) is 4.90. The summed E-state index contributed by atoms with van der Waals surface area (Å²) >= 11 is 0. The third kappa shape index (κ3) is 3.51. The van der Waals surface area contributed by atoms with Gasteiger partial charge in [-0.2, -0.15) is 13.2 Å². The highest BCUT2D eigenvalue weighted by atomic mass is 19.4. The van der Waals surface area contributed by atoms with Gasteiger partial charge in [0.05, 0.1) is 5.92 Å². The van der Waals surface area contributed by atoms with Crippen LogP contribution in [0.4, 0.5) is 13.2 Å². The summed E-state index contributed by atoms with van der Waals surface area (Å²) in [6, 6.07) is 1.51. The zero-order chi connectivity index (χ0) is 13.9. The molecule has 0 aliphatic heterocycles. The van der Waals surface area contributed by atoms with Gasteiger partial charge in [0.1, 0.15) is 0 Å². The molecule has 5 nitrogen and oxygen atoms in total. The molecule has 18 heavy (non-hydrogen) atoms. The predicted molar refractivity (Wildman–Crippen MR) is 52.8 cm³/mol. The molecular weight excluding hydrogens is 255 g/mol. The van der Waals surface area contributed by atoms with E-state index < -0.39 is 35.5 Å². The molecule has 0 fully saturated rings. The van der Waals surface area contributed by atoms with Crippen molar-refractivity contribution in [2.45, 2.75) is 13.1 Å². The molecule has 0 saturated carbocycles. The monoisotopic (exact) mass is 265 g/mol. The third-order valence-electron chi connectivity index (χ3n) is 2.10. The molecular formula is C10H10F3NO4. The van der Waals surface area contributed by atoms with E-state index in [1.54, 1.807) is 0 Å². The molecule has 1 rings (SSSR count). The van der Waals surface area contributed by atoms with Crippen molar-refractivity contribution in [2.24, 2.45) is 5.92 Å². The molecule has 8 heteroatoms. The van der Waals surface area contributed by atoms with Gasteiger partial charge in [-0.3, -0.25) is 9.59 Å². The van der Waals surface area contributed by atoms with Gasteiger partial charge in [0.15, 0.2) is 5.76 Å². The van der Waals surface area contributed by atoms with Gasteiger partial charge in [-0.25, -0.2) is 0 Å². The van der Waals surface area contributed by atoms with Crippen LogP contribution in [0.2, 0.25) is 0 Å². The van der Waals surface area contributed by atoms with Crippen molar-refractivity contribution in [3.8, 4) is 0 Å². The minimum atomic E-state index is -4.66. The number of nitrogens with one attached hydrogen (secondary N) is 1. The topological polar surface area (TPSA) is 79.5 Å². The quantitative estimate of drug-likeness (QED) is 0.869. The summed E-state index contributed by atoms with van der Waals surface area (Å²) in [6.07, 6.45) is -4.66. The predicted octanol–water partition coefficient (Wildman–Crippen LogP) is 1.75. The normalized spacial score (nSPS) is 13.1. The first-order valence-corrected chi connectivity index (χ1v) is 4.90.